The summed E-state index contributed by atoms with van der Waals surface area (Å²) < 4.78 is 5.94. The van der Waals surface area contributed by atoms with E-state index in [1.54, 1.807) is 17.5 Å². The number of nitrogens with zero attached hydrogens (tertiary/aromatic N) is 2. The molecule has 1 N–H and O–H groups in total. The molecule has 1 amide bonds. The molecule has 3 atom stereocenters. The molecule has 6 heteroatoms. The van der Waals surface area contributed by atoms with Crippen LogP contribution in [0.3, 0.4) is 0 Å². The van der Waals surface area contributed by atoms with Crippen LogP contribution in [0.25, 0.3) is 0 Å². The lowest BCUT2D eigenvalue weighted by molar-refractivity contribution is -0.130. The SMILES string of the molecule is O=C(Cc1ccsc1)N1C[C@H]2[C@H](CNc3ccccn3)CO[C@H]2C1. The van der Waals surface area contributed by atoms with Gasteiger partial charge in [0.15, 0.2) is 0 Å². The molecule has 4 rings (SSSR count). The number of hydrogen-bond acceptors (Lipinski definition) is 5. The maximum atomic E-state index is 12.5. The summed E-state index contributed by atoms with van der Waals surface area (Å²) in [6, 6.07) is 7.88. The van der Waals surface area contributed by atoms with Crippen LogP contribution in [-0.4, -0.2) is 48.1 Å². The van der Waals surface area contributed by atoms with Gasteiger partial charge in [-0.15, -0.1) is 0 Å². The molecule has 126 valence electrons. The van der Waals surface area contributed by atoms with Crippen molar-refractivity contribution in [1.29, 1.82) is 0 Å². The molecule has 2 aromatic heterocycles. The second-order valence-electron chi connectivity index (χ2n) is 6.50. The molecule has 5 nitrogen and oxygen atoms in total. The van der Waals surface area contributed by atoms with E-state index in [9.17, 15) is 4.79 Å². The molecule has 0 bridgehead atoms. The topological polar surface area (TPSA) is 54.5 Å². The van der Waals surface area contributed by atoms with Gasteiger partial charge in [-0.3, -0.25) is 4.79 Å². The lowest BCUT2D eigenvalue weighted by Crippen LogP contribution is -2.33. The van der Waals surface area contributed by atoms with E-state index in [0.29, 0.717) is 18.3 Å². The first-order valence-corrected chi connectivity index (χ1v) is 9.29. The number of amides is 1. The summed E-state index contributed by atoms with van der Waals surface area (Å²) in [7, 11) is 0. The highest BCUT2D eigenvalue weighted by atomic mass is 32.1. The average molecular weight is 343 g/mol. The van der Waals surface area contributed by atoms with Gasteiger partial charge in [-0.05, 0) is 34.5 Å². The minimum absolute atomic E-state index is 0.187. The van der Waals surface area contributed by atoms with E-state index < -0.39 is 0 Å². The molecular formula is C18H21N3O2S. The number of anilines is 1. The number of aromatic nitrogens is 1. The Balaban J connectivity index is 1.32. The second kappa shape index (κ2) is 6.91. The molecule has 0 unspecified atom stereocenters. The number of hydrogen-bond donors (Lipinski definition) is 1. The van der Waals surface area contributed by atoms with Crippen LogP contribution in [0.4, 0.5) is 5.82 Å². The van der Waals surface area contributed by atoms with Gasteiger partial charge in [0.05, 0.1) is 19.1 Å². The zero-order chi connectivity index (χ0) is 16.4. The van der Waals surface area contributed by atoms with Crippen LogP contribution < -0.4 is 5.32 Å². The molecule has 2 fully saturated rings. The Morgan fingerprint density at radius 1 is 1.38 bits per heavy atom. The quantitative estimate of drug-likeness (QED) is 0.905. The zero-order valence-corrected chi connectivity index (χ0v) is 14.2. The highest BCUT2D eigenvalue weighted by Gasteiger charge is 2.44. The Labute approximate surface area is 145 Å². The Morgan fingerprint density at radius 3 is 3.12 bits per heavy atom. The molecule has 0 aromatic carbocycles. The summed E-state index contributed by atoms with van der Waals surface area (Å²) in [5, 5.41) is 7.45. The predicted molar refractivity (Wildman–Crippen MR) is 94.0 cm³/mol. The van der Waals surface area contributed by atoms with Crippen LogP contribution in [0.2, 0.25) is 0 Å². The largest absolute Gasteiger partial charge is 0.376 e. The fraction of sp³-hybridized carbons (Fsp3) is 0.444. The molecule has 0 radical (unpaired) electrons. The minimum Gasteiger partial charge on any atom is -0.376 e. The van der Waals surface area contributed by atoms with Gasteiger partial charge in [-0.25, -0.2) is 4.98 Å². The van der Waals surface area contributed by atoms with E-state index in [-0.39, 0.29) is 12.0 Å². The lowest BCUT2D eigenvalue weighted by atomic mass is 9.93. The summed E-state index contributed by atoms with van der Waals surface area (Å²) in [6.45, 7) is 3.14. The van der Waals surface area contributed by atoms with E-state index in [1.165, 1.54) is 0 Å². The van der Waals surface area contributed by atoms with Crippen LogP contribution in [0.5, 0.6) is 0 Å². The maximum absolute atomic E-state index is 12.5. The summed E-state index contributed by atoms with van der Waals surface area (Å²) in [5.41, 5.74) is 1.11. The smallest absolute Gasteiger partial charge is 0.227 e. The second-order valence-corrected chi connectivity index (χ2v) is 7.28. The van der Waals surface area contributed by atoms with Gasteiger partial charge in [0, 0.05) is 37.7 Å². The number of rotatable bonds is 5. The Kier molecular flexibility index (Phi) is 4.49. The molecule has 24 heavy (non-hydrogen) atoms. The third-order valence-corrected chi connectivity index (χ3v) is 5.67. The van der Waals surface area contributed by atoms with Gasteiger partial charge in [0.25, 0.3) is 0 Å². The number of carbonyl (C=O) groups is 1. The normalized spacial score (nSPS) is 25.7. The molecule has 0 spiro atoms. The Hall–Kier alpha value is -1.92. The van der Waals surface area contributed by atoms with Crippen molar-refractivity contribution < 1.29 is 9.53 Å². The van der Waals surface area contributed by atoms with E-state index in [4.69, 9.17) is 4.74 Å². The van der Waals surface area contributed by atoms with Gasteiger partial charge < -0.3 is 15.0 Å². The molecule has 2 aliphatic rings. The van der Waals surface area contributed by atoms with Crippen LogP contribution in [0.1, 0.15) is 5.56 Å². The van der Waals surface area contributed by atoms with Crippen molar-refractivity contribution >= 4 is 23.1 Å². The Morgan fingerprint density at radius 2 is 2.33 bits per heavy atom. The highest BCUT2D eigenvalue weighted by molar-refractivity contribution is 7.08. The number of thiophene rings is 1. The van der Waals surface area contributed by atoms with Gasteiger partial charge in [0.2, 0.25) is 5.91 Å². The average Bonchev–Trinajstić information content (AvgIpc) is 3.31. The number of nitrogens with one attached hydrogen (secondary N) is 1. The minimum atomic E-state index is 0.187. The molecule has 0 aliphatic carbocycles. The Bertz CT molecular complexity index is 677. The van der Waals surface area contributed by atoms with Crippen LogP contribution in [0, 0.1) is 11.8 Å². The monoisotopic (exact) mass is 343 g/mol. The first-order valence-electron chi connectivity index (χ1n) is 8.35. The van der Waals surface area contributed by atoms with Crippen molar-refractivity contribution in [3.05, 3.63) is 46.8 Å². The highest BCUT2D eigenvalue weighted by Crippen LogP contribution is 2.34. The first kappa shape index (κ1) is 15.6. The van der Waals surface area contributed by atoms with Gasteiger partial charge >= 0.3 is 0 Å². The molecule has 2 saturated heterocycles. The molecule has 0 saturated carbocycles. The number of likely N-dealkylation sites (tertiary alicyclic amines) is 1. The van der Waals surface area contributed by atoms with Crippen molar-refractivity contribution in [2.75, 3.05) is 31.6 Å². The van der Waals surface area contributed by atoms with Crippen LogP contribution in [0.15, 0.2) is 41.2 Å². The standard InChI is InChI=1S/C18H21N3O2S/c22-18(7-13-4-6-24-12-13)21-9-15-14(11-23-16(15)10-21)8-20-17-3-1-2-5-19-17/h1-6,12,14-16H,7-11H2,(H,19,20)/t14-,15+,16+/m1/s1. The summed E-state index contributed by atoms with van der Waals surface area (Å²) in [6.07, 6.45) is 2.48. The van der Waals surface area contributed by atoms with Crippen LogP contribution in [-0.2, 0) is 16.0 Å². The van der Waals surface area contributed by atoms with E-state index >= 15 is 0 Å². The van der Waals surface area contributed by atoms with E-state index in [0.717, 1.165) is 37.6 Å². The molecule has 2 aliphatic heterocycles. The number of carbonyl (C=O) groups excluding carboxylic acids is 1. The number of pyridine rings is 1. The third-order valence-electron chi connectivity index (χ3n) is 4.94. The summed E-state index contributed by atoms with van der Waals surface area (Å²) >= 11 is 1.64. The molecule has 2 aromatic rings. The summed E-state index contributed by atoms with van der Waals surface area (Å²) in [4.78, 5) is 18.7. The van der Waals surface area contributed by atoms with E-state index in [1.807, 2.05) is 39.9 Å². The van der Waals surface area contributed by atoms with Crippen molar-refractivity contribution in [3.63, 3.8) is 0 Å². The van der Waals surface area contributed by atoms with Gasteiger partial charge in [0.1, 0.15) is 5.82 Å². The van der Waals surface area contributed by atoms with E-state index in [2.05, 4.69) is 10.3 Å². The predicted octanol–water partition coefficient (Wildman–Crippen LogP) is 2.27. The van der Waals surface area contributed by atoms with Gasteiger partial charge in [-0.1, -0.05) is 6.07 Å². The fourth-order valence-corrected chi connectivity index (χ4v) is 4.26. The first-order chi connectivity index (χ1) is 11.8. The summed E-state index contributed by atoms with van der Waals surface area (Å²) in [5.74, 6) is 1.95. The van der Waals surface area contributed by atoms with Crippen molar-refractivity contribution in [2.24, 2.45) is 11.8 Å². The third kappa shape index (κ3) is 3.30. The van der Waals surface area contributed by atoms with Crippen molar-refractivity contribution in [2.45, 2.75) is 12.5 Å². The van der Waals surface area contributed by atoms with Crippen molar-refractivity contribution in [3.8, 4) is 0 Å². The number of ether oxygens (including phenoxy) is 1. The maximum Gasteiger partial charge on any atom is 0.227 e. The number of fused-ring (bicyclic) bond motifs is 1. The molecular weight excluding hydrogens is 322 g/mol. The fourth-order valence-electron chi connectivity index (χ4n) is 3.60. The van der Waals surface area contributed by atoms with Gasteiger partial charge in [-0.2, -0.15) is 11.3 Å². The lowest BCUT2D eigenvalue weighted by Gasteiger charge is -2.20. The van der Waals surface area contributed by atoms with Crippen LogP contribution >= 0.6 is 11.3 Å². The molecule has 4 heterocycles. The van der Waals surface area contributed by atoms with Crippen molar-refractivity contribution in [1.82, 2.24) is 9.88 Å². The zero-order valence-electron chi connectivity index (χ0n) is 13.4.